The van der Waals surface area contributed by atoms with E-state index in [1.54, 1.807) is 12.1 Å². The Hall–Kier alpha value is -3.61. The fraction of sp³-hybridized carbons (Fsp3) is 0.0741. The number of halogens is 1. The van der Waals surface area contributed by atoms with E-state index in [0.29, 0.717) is 24.3 Å². The van der Waals surface area contributed by atoms with Crippen molar-refractivity contribution in [2.75, 3.05) is 16.2 Å². The van der Waals surface area contributed by atoms with Gasteiger partial charge in [-0.25, -0.2) is 8.42 Å². The van der Waals surface area contributed by atoms with Gasteiger partial charge in [0.2, 0.25) is 0 Å². The van der Waals surface area contributed by atoms with Crippen molar-refractivity contribution in [3.05, 3.63) is 113 Å². The largest absolute Gasteiger partial charge is 0.322 e. The number of benzene rings is 4. The number of rotatable bonds is 5. The monoisotopic (exact) mass is 488 g/mol. The molecule has 1 aliphatic heterocycles. The van der Waals surface area contributed by atoms with Gasteiger partial charge in [0.15, 0.2) is 0 Å². The molecule has 170 valence electrons. The van der Waals surface area contributed by atoms with Crippen LogP contribution in [0.4, 0.5) is 11.4 Å². The minimum absolute atomic E-state index is 0.0770. The quantitative estimate of drug-likeness (QED) is 0.374. The standard InChI is InChI=1S/C27H21ClN2O3S/c28-24-15-12-22(18-26(24)34(32,33)30-17-16-21-8-4-5-9-25(21)30)27(31)29-23-13-10-20(11-14-23)19-6-2-1-3-7-19/h1-15,18H,16-17H2,(H,29,31). The molecule has 34 heavy (non-hydrogen) atoms. The van der Waals surface area contributed by atoms with Gasteiger partial charge in [-0.2, -0.15) is 0 Å². The molecule has 7 heteroatoms. The topological polar surface area (TPSA) is 66.5 Å². The first-order chi connectivity index (χ1) is 16.4. The number of carbonyl (C=O) groups excluding carboxylic acids is 1. The van der Waals surface area contributed by atoms with Crippen LogP contribution in [0.25, 0.3) is 11.1 Å². The number of sulfonamides is 1. The minimum atomic E-state index is -3.93. The Morgan fingerprint density at radius 3 is 2.26 bits per heavy atom. The van der Waals surface area contributed by atoms with Crippen LogP contribution in [0.1, 0.15) is 15.9 Å². The van der Waals surface area contributed by atoms with E-state index in [-0.39, 0.29) is 15.5 Å². The molecule has 0 radical (unpaired) electrons. The van der Waals surface area contributed by atoms with Crippen LogP contribution >= 0.6 is 11.6 Å². The number of hydrogen-bond acceptors (Lipinski definition) is 3. The third-order valence-electron chi connectivity index (χ3n) is 5.86. The Bertz CT molecular complexity index is 1470. The summed E-state index contributed by atoms with van der Waals surface area (Å²) in [5, 5.41) is 2.91. The van der Waals surface area contributed by atoms with Crippen LogP contribution in [0, 0.1) is 0 Å². The lowest BCUT2D eigenvalue weighted by Gasteiger charge is -2.20. The van der Waals surface area contributed by atoms with Gasteiger partial charge in [-0.3, -0.25) is 9.10 Å². The molecule has 4 aromatic rings. The van der Waals surface area contributed by atoms with E-state index in [1.165, 1.54) is 22.5 Å². The molecule has 1 heterocycles. The number of fused-ring (bicyclic) bond motifs is 1. The first kappa shape index (κ1) is 22.2. The average molecular weight is 489 g/mol. The third-order valence-corrected chi connectivity index (χ3v) is 8.15. The highest BCUT2D eigenvalue weighted by molar-refractivity contribution is 7.93. The molecule has 4 aromatic carbocycles. The van der Waals surface area contributed by atoms with Crippen molar-refractivity contribution in [3.8, 4) is 11.1 Å². The van der Waals surface area contributed by atoms with Crippen LogP contribution in [0.2, 0.25) is 5.02 Å². The lowest BCUT2D eigenvalue weighted by atomic mass is 10.1. The van der Waals surface area contributed by atoms with Crippen LogP contribution in [0.3, 0.4) is 0 Å². The molecule has 5 rings (SSSR count). The number of nitrogens with one attached hydrogen (secondary N) is 1. The molecule has 0 fully saturated rings. The van der Waals surface area contributed by atoms with Crippen LogP contribution in [0.15, 0.2) is 102 Å². The van der Waals surface area contributed by atoms with Crippen molar-refractivity contribution in [2.24, 2.45) is 0 Å². The van der Waals surface area contributed by atoms with Crippen molar-refractivity contribution in [3.63, 3.8) is 0 Å². The molecule has 0 atom stereocenters. The van der Waals surface area contributed by atoms with Crippen LogP contribution in [0.5, 0.6) is 0 Å². The Kier molecular flexibility index (Phi) is 5.86. The molecule has 0 saturated heterocycles. The van der Waals surface area contributed by atoms with Gasteiger partial charge in [0.05, 0.1) is 10.7 Å². The predicted octanol–water partition coefficient (Wildman–Crippen LogP) is 6.01. The lowest BCUT2D eigenvalue weighted by Crippen LogP contribution is -2.29. The molecular weight excluding hydrogens is 468 g/mol. The molecule has 0 bridgehead atoms. The summed E-state index contributed by atoms with van der Waals surface area (Å²) in [6, 6.07) is 29.1. The molecule has 0 aliphatic carbocycles. The number of para-hydroxylation sites is 1. The second-order valence-corrected chi connectivity index (χ2v) is 10.2. The number of hydrogen-bond donors (Lipinski definition) is 1. The molecule has 0 saturated carbocycles. The van der Waals surface area contributed by atoms with Gasteiger partial charge in [-0.15, -0.1) is 0 Å². The summed E-state index contributed by atoms with van der Waals surface area (Å²) in [6.45, 7) is 0.336. The van der Waals surface area contributed by atoms with Crippen molar-refractivity contribution >= 4 is 38.9 Å². The maximum Gasteiger partial charge on any atom is 0.265 e. The van der Waals surface area contributed by atoms with Crippen molar-refractivity contribution in [1.82, 2.24) is 0 Å². The van der Waals surface area contributed by atoms with Gasteiger partial charge in [-0.1, -0.05) is 72.3 Å². The van der Waals surface area contributed by atoms with E-state index >= 15 is 0 Å². The molecule has 0 spiro atoms. The maximum atomic E-state index is 13.4. The van der Waals surface area contributed by atoms with Crippen LogP contribution in [-0.2, 0) is 16.4 Å². The summed E-state index contributed by atoms with van der Waals surface area (Å²) >= 11 is 6.29. The lowest BCUT2D eigenvalue weighted by molar-refractivity contribution is 0.102. The van der Waals surface area contributed by atoms with Gasteiger partial charge in [0.1, 0.15) is 4.90 Å². The summed E-state index contributed by atoms with van der Waals surface area (Å²) in [6.07, 6.45) is 0.631. The molecular formula is C27H21ClN2O3S. The number of anilines is 2. The molecule has 1 aliphatic rings. The van der Waals surface area contributed by atoms with Gasteiger partial charge in [0, 0.05) is 17.8 Å². The van der Waals surface area contributed by atoms with Crippen LogP contribution < -0.4 is 9.62 Å². The second-order valence-electron chi connectivity index (χ2n) is 8.00. The highest BCUT2D eigenvalue weighted by Crippen LogP contribution is 2.35. The van der Waals surface area contributed by atoms with E-state index in [2.05, 4.69) is 5.32 Å². The number of amides is 1. The number of carbonyl (C=O) groups is 1. The Morgan fingerprint density at radius 1 is 0.824 bits per heavy atom. The Balaban J connectivity index is 1.39. The fourth-order valence-corrected chi connectivity index (χ4v) is 6.11. The van der Waals surface area contributed by atoms with E-state index in [1.807, 2.05) is 66.7 Å². The zero-order chi connectivity index (χ0) is 23.7. The average Bonchev–Trinajstić information content (AvgIpc) is 3.30. The Labute approximate surface area is 203 Å². The van der Waals surface area contributed by atoms with Gasteiger partial charge >= 0.3 is 0 Å². The van der Waals surface area contributed by atoms with Gasteiger partial charge in [-0.05, 0) is 59.5 Å². The second kappa shape index (κ2) is 8.97. The first-order valence-corrected chi connectivity index (χ1v) is 12.6. The fourth-order valence-electron chi connectivity index (χ4n) is 4.10. The van der Waals surface area contributed by atoms with Crippen molar-refractivity contribution in [1.29, 1.82) is 0 Å². The van der Waals surface area contributed by atoms with Crippen molar-refractivity contribution in [2.45, 2.75) is 11.3 Å². The Morgan fingerprint density at radius 2 is 1.50 bits per heavy atom. The van der Waals surface area contributed by atoms with Crippen molar-refractivity contribution < 1.29 is 13.2 Å². The van der Waals surface area contributed by atoms with E-state index < -0.39 is 15.9 Å². The van der Waals surface area contributed by atoms with Gasteiger partial charge < -0.3 is 5.32 Å². The summed E-state index contributed by atoms with van der Waals surface area (Å²) in [5.74, 6) is -0.414. The zero-order valence-corrected chi connectivity index (χ0v) is 19.7. The van der Waals surface area contributed by atoms with E-state index in [9.17, 15) is 13.2 Å². The molecule has 0 aromatic heterocycles. The van der Waals surface area contributed by atoms with E-state index in [0.717, 1.165) is 16.7 Å². The summed E-state index contributed by atoms with van der Waals surface area (Å²) in [7, 11) is -3.93. The minimum Gasteiger partial charge on any atom is -0.322 e. The summed E-state index contributed by atoms with van der Waals surface area (Å²) < 4.78 is 28.2. The maximum absolute atomic E-state index is 13.4. The molecule has 1 N–H and O–H groups in total. The van der Waals surface area contributed by atoms with E-state index in [4.69, 9.17) is 11.6 Å². The first-order valence-electron chi connectivity index (χ1n) is 10.8. The van der Waals surface area contributed by atoms with Gasteiger partial charge in [0.25, 0.3) is 15.9 Å². The highest BCUT2D eigenvalue weighted by atomic mass is 35.5. The summed E-state index contributed by atoms with van der Waals surface area (Å²) in [4.78, 5) is 12.8. The molecule has 1 amide bonds. The molecule has 5 nitrogen and oxygen atoms in total. The number of nitrogens with zero attached hydrogens (tertiary/aromatic N) is 1. The highest BCUT2D eigenvalue weighted by Gasteiger charge is 2.32. The molecule has 0 unspecified atom stereocenters. The third kappa shape index (κ3) is 4.18. The smallest absolute Gasteiger partial charge is 0.265 e. The summed E-state index contributed by atoms with van der Waals surface area (Å²) in [5.41, 5.74) is 4.54. The zero-order valence-electron chi connectivity index (χ0n) is 18.1. The SMILES string of the molecule is O=C(Nc1ccc(-c2ccccc2)cc1)c1ccc(Cl)c(S(=O)(=O)N2CCc3ccccc32)c1. The predicted molar refractivity (Wildman–Crippen MR) is 136 cm³/mol. The normalized spacial score (nSPS) is 12.9. The van der Waals surface area contributed by atoms with Crippen LogP contribution in [-0.4, -0.2) is 20.9 Å².